The van der Waals surface area contributed by atoms with Crippen LogP contribution < -0.4 is 0 Å². The van der Waals surface area contributed by atoms with E-state index in [1.807, 2.05) is 30.3 Å². The number of rotatable bonds is 3. The van der Waals surface area contributed by atoms with E-state index in [0.717, 1.165) is 15.8 Å². The van der Waals surface area contributed by atoms with Gasteiger partial charge in [-0.15, -0.1) is 11.8 Å². The molecule has 2 rings (SSSR count). The normalized spacial score (nSPS) is 9.88. The molecule has 4 heteroatoms. The molecule has 0 atom stereocenters. The minimum Gasteiger partial charge on any atom is -0.246 e. The van der Waals surface area contributed by atoms with Crippen LogP contribution in [0.5, 0.6) is 0 Å². The van der Waals surface area contributed by atoms with E-state index in [-0.39, 0.29) is 0 Å². The van der Waals surface area contributed by atoms with E-state index in [1.54, 1.807) is 18.0 Å². The highest BCUT2D eigenvalue weighted by Gasteiger charge is 1.98. The molecule has 0 unspecified atom stereocenters. The van der Waals surface area contributed by atoms with E-state index in [9.17, 15) is 0 Å². The Hall–Kier alpha value is -1.31. The first-order valence-electron chi connectivity index (χ1n) is 5.01. The van der Waals surface area contributed by atoms with Gasteiger partial charge in [0, 0.05) is 21.3 Å². The largest absolute Gasteiger partial charge is 0.246 e. The zero-order valence-corrected chi connectivity index (χ0v) is 11.3. The molecule has 0 aliphatic rings. The summed E-state index contributed by atoms with van der Waals surface area (Å²) in [5.74, 6) is 0.846. The number of thioether (sulfide) groups is 1. The van der Waals surface area contributed by atoms with Gasteiger partial charge in [-0.1, -0.05) is 15.9 Å². The van der Waals surface area contributed by atoms with Gasteiger partial charge in [-0.3, -0.25) is 0 Å². The predicted molar refractivity (Wildman–Crippen MR) is 72.7 cm³/mol. The maximum absolute atomic E-state index is 8.75. The fourth-order valence-corrected chi connectivity index (χ4v) is 2.43. The van der Waals surface area contributed by atoms with E-state index in [0.29, 0.717) is 5.69 Å². The third kappa shape index (κ3) is 3.58. The summed E-state index contributed by atoms with van der Waals surface area (Å²) in [6, 6.07) is 14.0. The summed E-state index contributed by atoms with van der Waals surface area (Å²) in [4.78, 5) is 5.16. The molecule has 1 heterocycles. The van der Waals surface area contributed by atoms with Crippen LogP contribution in [0, 0.1) is 11.3 Å². The first-order chi connectivity index (χ1) is 8.28. The average Bonchev–Trinajstić information content (AvgIpc) is 2.38. The Morgan fingerprint density at radius 3 is 2.71 bits per heavy atom. The van der Waals surface area contributed by atoms with Gasteiger partial charge in [-0.05, 0) is 42.0 Å². The third-order valence-electron chi connectivity index (χ3n) is 2.16. The standard InChI is InChI=1S/C13H9BrN2S/c14-11-1-3-13(4-2-11)17-9-10-5-6-16-12(7-10)8-15/h1-7H,9H2. The lowest BCUT2D eigenvalue weighted by Crippen LogP contribution is -1.86. The quantitative estimate of drug-likeness (QED) is 0.804. The van der Waals surface area contributed by atoms with Crippen LogP contribution in [-0.4, -0.2) is 4.98 Å². The summed E-state index contributed by atoms with van der Waals surface area (Å²) < 4.78 is 1.08. The number of aromatic nitrogens is 1. The summed E-state index contributed by atoms with van der Waals surface area (Å²) in [7, 11) is 0. The van der Waals surface area contributed by atoms with Crippen molar-refractivity contribution < 1.29 is 0 Å². The maximum Gasteiger partial charge on any atom is 0.140 e. The molecule has 0 bridgehead atoms. The molecule has 0 aliphatic heterocycles. The molecule has 0 N–H and O–H groups in total. The second kappa shape index (κ2) is 5.85. The molecule has 0 fully saturated rings. The van der Waals surface area contributed by atoms with Gasteiger partial charge in [0.05, 0.1) is 0 Å². The van der Waals surface area contributed by atoms with Crippen molar-refractivity contribution in [3.63, 3.8) is 0 Å². The minimum absolute atomic E-state index is 0.471. The van der Waals surface area contributed by atoms with Gasteiger partial charge in [0.25, 0.3) is 0 Å². The molecule has 17 heavy (non-hydrogen) atoms. The molecular formula is C13H9BrN2S. The average molecular weight is 305 g/mol. The van der Waals surface area contributed by atoms with Gasteiger partial charge in [0.2, 0.25) is 0 Å². The van der Waals surface area contributed by atoms with E-state index < -0.39 is 0 Å². The summed E-state index contributed by atoms with van der Waals surface area (Å²) in [6.07, 6.45) is 1.68. The van der Waals surface area contributed by atoms with E-state index in [4.69, 9.17) is 5.26 Å². The van der Waals surface area contributed by atoms with Crippen molar-refractivity contribution in [1.29, 1.82) is 5.26 Å². The predicted octanol–water partition coefficient (Wildman–Crippen LogP) is 4.01. The SMILES string of the molecule is N#Cc1cc(CSc2ccc(Br)cc2)ccn1. The molecule has 0 amide bonds. The number of benzene rings is 1. The van der Waals surface area contributed by atoms with Crippen LogP contribution in [0.3, 0.4) is 0 Å². The molecule has 0 saturated carbocycles. The van der Waals surface area contributed by atoms with Crippen molar-refractivity contribution in [3.05, 3.63) is 58.3 Å². The highest BCUT2D eigenvalue weighted by molar-refractivity contribution is 9.10. The number of halogens is 1. The molecule has 0 aliphatic carbocycles. The van der Waals surface area contributed by atoms with Crippen LogP contribution >= 0.6 is 27.7 Å². The smallest absolute Gasteiger partial charge is 0.140 e. The van der Waals surface area contributed by atoms with Crippen molar-refractivity contribution in [3.8, 4) is 6.07 Å². The third-order valence-corrected chi connectivity index (χ3v) is 3.77. The van der Waals surface area contributed by atoms with E-state index >= 15 is 0 Å². The fourth-order valence-electron chi connectivity index (χ4n) is 1.32. The molecule has 1 aromatic heterocycles. The van der Waals surface area contributed by atoms with Crippen LogP contribution in [0.4, 0.5) is 0 Å². The topological polar surface area (TPSA) is 36.7 Å². The van der Waals surface area contributed by atoms with Crippen LogP contribution in [0.2, 0.25) is 0 Å². The Morgan fingerprint density at radius 2 is 2.00 bits per heavy atom. The number of hydrogen-bond donors (Lipinski definition) is 0. The lowest BCUT2D eigenvalue weighted by Gasteiger charge is -2.02. The molecule has 1 aromatic carbocycles. The Morgan fingerprint density at radius 1 is 1.24 bits per heavy atom. The van der Waals surface area contributed by atoms with Crippen LogP contribution in [0.1, 0.15) is 11.3 Å². The van der Waals surface area contributed by atoms with Crippen molar-refractivity contribution in [2.24, 2.45) is 0 Å². The first kappa shape index (κ1) is 12.2. The van der Waals surface area contributed by atoms with Crippen molar-refractivity contribution >= 4 is 27.7 Å². The van der Waals surface area contributed by atoms with Gasteiger partial charge in [0.15, 0.2) is 0 Å². The van der Waals surface area contributed by atoms with Crippen molar-refractivity contribution in [2.75, 3.05) is 0 Å². The lowest BCUT2D eigenvalue weighted by atomic mass is 10.2. The Balaban J connectivity index is 2.02. The molecule has 2 nitrogen and oxygen atoms in total. The highest BCUT2D eigenvalue weighted by atomic mass is 79.9. The highest BCUT2D eigenvalue weighted by Crippen LogP contribution is 2.24. The number of nitrogens with zero attached hydrogens (tertiary/aromatic N) is 2. The Labute approximate surface area is 113 Å². The van der Waals surface area contributed by atoms with E-state index in [2.05, 4.69) is 33.0 Å². The number of nitriles is 1. The molecule has 0 spiro atoms. The molecule has 2 aromatic rings. The van der Waals surface area contributed by atoms with Crippen LogP contribution in [0.25, 0.3) is 0 Å². The summed E-state index contributed by atoms with van der Waals surface area (Å²) in [5.41, 5.74) is 1.59. The van der Waals surface area contributed by atoms with Crippen LogP contribution in [0.15, 0.2) is 52.0 Å². The number of pyridine rings is 1. The Kier molecular flexibility index (Phi) is 4.18. The van der Waals surface area contributed by atoms with Gasteiger partial charge < -0.3 is 0 Å². The minimum atomic E-state index is 0.471. The first-order valence-corrected chi connectivity index (χ1v) is 6.79. The molecule has 0 radical (unpaired) electrons. The summed E-state index contributed by atoms with van der Waals surface area (Å²) >= 11 is 5.15. The zero-order chi connectivity index (χ0) is 12.1. The van der Waals surface area contributed by atoms with Gasteiger partial charge in [-0.25, -0.2) is 4.98 Å². The van der Waals surface area contributed by atoms with Gasteiger partial charge >= 0.3 is 0 Å². The van der Waals surface area contributed by atoms with E-state index in [1.165, 1.54) is 4.90 Å². The second-order valence-corrected chi connectivity index (χ2v) is 5.37. The van der Waals surface area contributed by atoms with Crippen molar-refractivity contribution in [2.45, 2.75) is 10.6 Å². The number of hydrogen-bond acceptors (Lipinski definition) is 3. The summed E-state index contributed by atoms with van der Waals surface area (Å²) in [5, 5.41) is 8.75. The maximum atomic E-state index is 8.75. The molecule has 84 valence electrons. The second-order valence-electron chi connectivity index (χ2n) is 3.40. The zero-order valence-electron chi connectivity index (χ0n) is 8.93. The van der Waals surface area contributed by atoms with Gasteiger partial charge in [0.1, 0.15) is 11.8 Å². The summed E-state index contributed by atoms with van der Waals surface area (Å²) in [6.45, 7) is 0. The Bertz CT molecular complexity index is 546. The van der Waals surface area contributed by atoms with Gasteiger partial charge in [-0.2, -0.15) is 5.26 Å². The lowest BCUT2D eigenvalue weighted by molar-refractivity contribution is 1.22. The molecule has 0 saturated heterocycles. The fraction of sp³-hybridized carbons (Fsp3) is 0.0769. The van der Waals surface area contributed by atoms with Crippen molar-refractivity contribution in [1.82, 2.24) is 4.98 Å². The monoisotopic (exact) mass is 304 g/mol. The molecular weight excluding hydrogens is 296 g/mol. The van der Waals surface area contributed by atoms with Crippen LogP contribution in [-0.2, 0) is 5.75 Å².